The van der Waals surface area contributed by atoms with E-state index in [0.717, 1.165) is 3.97 Å². The highest BCUT2D eigenvalue weighted by molar-refractivity contribution is 7.90. The van der Waals surface area contributed by atoms with E-state index in [9.17, 15) is 13.2 Å². The summed E-state index contributed by atoms with van der Waals surface area (Å²) in [7, 11) is -4.01. The molecule has 2 aromatic heterocycles. The number of halogens is 1. The zero-order valence-electron chi connectivity index (χ0n) is 14.1. The third-order valence-corrected chi connectivity index (χ3v) is 6.04. The SMILES string of the molecule is Nc1ccc(S(=O)(=O)n2c(CCCC(=O)O)cc3nc(Cl)ccc32)cc1N. The minimum atomic E-state index is -4.01. The molecule has 0 radical (unpaired) electrons. The van der Waals surface area contributed by atoms with Crippen LogP contribution < -0.4 is 11.5 Å². The molecule has 0 amide bonds. The molecule has 8 nitrogen and oxygen atoms in total. The molecule has 0 atom stereocenters. The molecule has 10 heteroatoms. The number of hydrogen-bond acceptors (Lipinski definition) is 6. The summed E-state index contributed by atoms with van der Waals surface area (Å²) in [6.45, 7) is 0. The van der Waals surface area contributed by atoms with Crippen LogP contribution in [0.4, 0.5) is 11.4 Å². The van der Waals surface area contributed by atoms with Crippen molar-refractivity contribution in [3.63, 3.8) is 0 Å². The van der Waals surface area contributed by atoms with Crippen molar-refractivity contribution in [3.05, 3.63) is 47.2 Å². The fourth-order valence-corrected chi connectivity index (χ4v) is 4.54. The van der Waals surface area contributed by atoms with E-state index in [2.05, 4.69) is 4.98 Å². The van der Waals surface area contributed by atoms with Gasteiger partial charge in [0.05, 0.1) is 27.3 Å². The van der Waals surface area contributed by atoms with Crippen LogP contribution >= 0.6 is 11.6 Å². The third-order valence-electron chi connectivity index (χ3n) is 4.07. The molecule has 5 N–H and O–H groups in total. The maximum atomic E-state index is 13.3. The Kier molecular flexibility index (Phi) is 4.99. The Balaban J connectivity index is 2.17. The highest BCUT2D eigenvalue weighted by atomic mass is 35.5. The van der Waals surface area contributed by atoms with Crippen molar-refractivity contribution in [3.8, 4) is 0 Å². The van der Waals surface area contributed by atoms with Gasteiger partial charge in [-0.25, -0.2) is 17.4 Å². The molecular weight excluding hydrogens is 392 g/mol. The van der Waals surface area contributed by atoms with Gasteiger partial charge in [-0.3, -0.25) is 4.79 Å². The minimum Gasteiger partial charge on any atom is -0.481 e. The number of carbonyl (C=O) groups is 1. The first-order valence-electron chi connectivity index (χ1n) is 7.99. The molecule has 3 rings (SSSR count). The second-order valence-corrected chi connectivity index (χ2v) is 8.16. The third kappa shape index (κ3) is 3.69. The summed E-state index contributed by atoms with van der Waals surface area (Å²) in [5.41, 5.74) is 13.0. The van der Waals surface area contributed by atoms with Gasteiger partial charge in [0, 0.05) is 12.1 Å². The van der Waals surface area contributed by atoms with E-state index in [1.165, 1.54) is 24.3 Å². The van der Waals surface area contributed by atoms with E-state index in [1.807, 2.05) is 0 Å². The topological polar surface area (TPSA) is 141 Å². The summed E-state index contributed by atoms with van der Waals surface area (Å²) in [5, 5.41) is 9.08. The lowest BCUT2D eigenvalue weighted by molar-refractivity contribution is -0.137. The summed E-state index contributed by atoms with van der Waals surface area (Å²) < 4.78 is 27.7. The first-order chi connectivity index (χ1) is 12.7. The van der Waals surface area contributed by atoms with Gasteiger partial charge >= 0.3 is 5.97 Å². The predicted octanol–water partition coefficient (Wildman–Crippen LogP) is 2.50. The Hall–Kier alpha value is -2.78. The Bertz CT molecular complexity index is 1140. The number of aliphatic carboxylic acids is 1. The number of pyridine rings is 1. The Morgan fingerprint density at radius 3 is 2.56 bits per heavy atom. The Morgan fingerprint density at radius 1 is 1.15 bits per heavy atom. The molecule has 0 aliphatic rings. The molecule has 2 heterocycles. The molecule has 0 bridgehead atoms. The van der Waals surface area contributed by atoms with E-state index < -0.39 is 16.0 Å². The minimum absolute atomic E-state index is 0.0267. The largest absolute Gasteiger partial charge is 0.481 e. The van der Waals surface area contributed by atoms with Crippen LogP contribution in [0.2, 0.25) is 5.15 Å². The molecule has 0 spiro atoms. The molecule has 0 aliphatic heterocycles. The first kappa shape index (κ1) is 19.0. The summed E-state index contributed by atoms with van der Waals surface area (Å²) in [6, 6.07) is 8.74. The number of nitrogen functional groups attached to an aromatic ring is 2. The highest BCUT2D eigenvalue weighted by Crippen LogP contribution is 2.29. The molecule has 0 aliphatic carbocycles. The van der Waals surface area contributed by atoms with Crippen LogP contribution in [0, 0.1) is 0 Å². The molecule has 1 aromatic carbocycles. The number of aryl methyl sites for hydroxylation is 1. The maximum absolute atomic E-state index is 13.3. The van der Waals surface area contributed by atoms with Crippen LogP contribution in [-0.4, -0.2) is 28.5 Å². The number of carboxylic acid groups (broad SMARTS) is 1. The molecule has 27 heavy (non-hydrogen) atoms. The quantitative estimate of drug-likeness (QED) is 0.420. The standard InChI is InChI=1S/C17H17ClN4O4S/c18-16-7-6-15-14(21-16)8-10(2-1-3-17(23)24)22(15)27(25,26)11-4-5-12(19)13(20)9-11/h4-9H,1-3,19-20H2,(H,23,24). The lowest BCUT2D eigenvalue weighted by atomic mass is 10.2. The van der Waals surface area contributed by atoms with Gasteiger partial charge in [-0.05, 0) is 49.2 Å². The van der Waals surface area contributed by atoms with Gasteiger partial charge in [-0.15, -0.1) is 0 Å². The van der Waals surface area contributed by atoms with Crippen molar-refractivity contribution in [1.82, 2.24) is 8.96 Å². The van der Waals surface area contributed by atoms with Gasteiger partial charge in [0.1, 0.15) is 5.15 Å². The monoisotopic (exact) mass is 408 g/mol. The highest BCUT2D eigenvalue weighted by Gasteiger charge is 2.24. The summed E-state index contributed by atoms with van der Waals surface area (Å²) in [4.78, 5) is 14.9. The van der Waals surface area contributed by atoms with E-state index in [4.69, 9.17) is 28.2 Å². The fourth-order valence-electron chi connectivity index (χ4n) is 2.79. The Labute approximate surface area is 160 Å². The van der Waals surface area contributed by atoms with Gasteiger partial charge in [-0.1, -0.05) is 11.6 Å². The average molecular weight is 409 g/mol. The number of nitrogens with two attached hydrogens (primary N) is 2. The molecule has 142 valence electrons. The van der Waals surface area contributed by atoms with Gasteiger partial charge in [0.25, 0.3) is 10.0 Å². The number of rotatable bonds is 6. The number of anilines is 2. The van der Waals surface area contributed by atoms with Crippen LogP contribution in [0.1, 0.15) is 18.5 Å². The molecular formula is C17H17ClN4O4S. The van der Waals surface area contributed by atoms with E-state index in [1.54, 1.807) is 12.1 Å². The first-order valence-corrected chi connectivity index (χ1v) is 9.81. The zero-order chi connectivity index (χ0) is 19.8. The zero-order valence-corrected chi connectivity index (χ0v) is 15.7. The second kappa shape index (κ2) is 7.09. The van der Waals surface area contributed by atoms with Crippen LogP contribution in [-0.2, 0) is 21.2 Å². The van der Waals surface area contributed by atoms with E-state index >= 15 is 0 Å². The van der Waals surface area contributed by atoms with Gasteiger partial charge in [0.15, 0.2) is 0 Å². The van der Waals surface area contributed by atoms with Crippen molar-refractivity contribution < 1.29 is 18.3 Å². The number of benzene rings is 1. The summed E-state index contributed by atoms with van der Waals surface area (Å²) in [6.07, 6.45) is 0.438. The average Bonchev–Trinajstić information content (AvgIpc) is 2.94. The molecule has 0 saturated heterocycles. The van der Waals surface area contributed by atoms with Crippen molar-refractivity contribution in [2.45, 2.75) is 24.2 Å². The van der Waals surface area contributed by atoms with Crippen molar-refractivity contribution >= 4 is 50.0 Å². The van der Waals surface area contributed by atoms with Gasteiger partial charge < -0.3 is 16.6 Å². The summed E-state index contributed by atoms with van der Waals surface area (Å²) in [5.74, 6) is -0.951. The van der Waals surface area contributed by atoms with Crippen molar-refractivity contribution in [1.29, 1.82) is 0 Å². The van der Waals surface area contributed by atoms with E-state index in [0.29, 0.717) is 16.7 Å². The summed E-state index contributed by atoms with van der Waals surface area (Å²) >= 11 is 5.92. The lowest BCUT2D eigenvalue weighted by Crippen LogP contribution is -2.16. The van der Waals surface area contributed by atoms with Crippen molar-refractivity contribution in [2.24, 2.45) is 0 Å². The fraction of sp³-hybridized carbons (Fsp3) is 0.176. The number of aromatic nitrogens is 2. The number of fused-ring (bicyclic) bond motifs is 1. The van der Waals surface area contributed by atoms with Crippen molar-refractivity contribution in [2.75, 3.05) is 11.5 Å². The van der Waals surface area contributed by atoms with Crippen LogP contribution in [0.3, 0.4) is 0 Å². The molecule has 0 saturated carbocycles. The van der Waals surface area contributed by atoms with E-state index in [-0.39, 0.29) is 40.7 Å². The second-order valence-electron chi connectivity index (χ2n) is 5.98. The smallest absolute Gasteiger partial charge is 0.303 e. The molecule has 0 fully saturated rings. The molecule has 3 aromatic rings. The van der Waals surface area contributed by atoms with Crippen LogP contribution in [0.25, 0.3) is 11.0 Å². The van der Waals surface area contributed by atoms with Crippen LogP contribution in [0.5, 0.6) is 0 Å². The maximum Gasteiger partial charge on any atom is 0.303 e. The number of hydrogen-bond donors (Lipinski definition) is 3. The normalized spacial score (nSPS) is 11.7. The van der Waals surface area contributed by atoms with Crippen LogP contribution in [0.15, 0.2) is 41.3 Å². The Morgan fingerprint density at radius 2 is 1.89 bits per heavy atom. The molecule has 0 unspecified atom stereocenters. The van der Waals surface area contributed by atoms with Gasteiger partial charge in [-0.2, -0.15) is 0 Å². The number of nitrogens with zero attached hydrogens (tertiary/aromatic N) is 2. The predicted molar refractivity (Wildman–Crippen MR) is 103 cm³/mol. The number of carboxylic acids is 1. The lowest BCUT2D eigenvalue weighted by Gasteiger charge is -2.13. The van der Waals surface area contributed by atoms with Gasteiger partial charge in [0.2, 0.25) is 0 Å².